The van der Waals surface area contributed by atoms with Crippen LogP contribution in [0, 0.1) is 0 Å². The SMILES string of the molecule is CC(C)c1noc(-c2cnc(Nc3ccc4c(c3)C=CCS4(=O)=O)nc2N)n1. The quantitative estimate of drug-likeness (QED) is 0.679. The molecule has 0 radical (unpaired) electrons. The lowest BCUT2D eigenvalue weighted by atomic mass is 10.2. The number of nitrogens with zero attached hydrogens (tertiary/aromatic N) is 4. The summed E-state index contributed by atoms with van der Waals surface area (Å²) in [5, 5.41) is 6.93. The van der Waals surface area contributed by atoms with E-state index in [0.29, 0.717) is 27.5 Å². The molecule has 1 aliphatic rings. The van der Waals surface area contributed by atoms with Crippen LogP contribution in [0.3, 0.4) is 0 Å². The minimum Gasteiger partial charge on any atom is -0.383 e. The monoisotopic (exact) mass is 398 g/mol. The van der Waals surface area contributed by atoms with Crippen molar-refractivity contribution >= 4 is 33.4 Å². The van der Waals surface area contributed by atoms with Gasteiger partial charge in [0.1, 0.15) is 11.4 Å². The largest absolute Gasteiger partial charge is 0.383 e. The van der Waals surface area contributed by atoms with Crippen molar-refractivity contribution in [3.63, 3.8) is 0 Å². The van der Waals surface area contributed by atoms with Crippen molar-refractivity contribution in [1.82, 2.24) is 20.1 Å². The highest BCUT2D eigenvalue weighted by molar-refractivity contribution is 7.91. The summed E-state index contributed by atoms with van der Waals surface area (Å²) < 4.78 is 29.4. The van der Waals surface area contributed by atoms with Crippen LogP contribution in [-0.4, -0.2) is 34.3 Å². The van der Waals surface area contributed by atoms with Gasteiger partial charge in [-0.1, -0.05) is 31.2 Å². The summed E-state index contributed by atoms with van der Waals surface area (Å²) in [6.45, 7) is 3.92. The van der Waals surface area contributed by atoms with Crippen molar-refractivity contribution in [2.24, 2.45) is 0 Å². The van der Waals surface area contributed by atoms with E-state index in [1.165, 1.54) is 6.20 Å². The second kappa shape index (κ2) is 6.71. The average Bonchev–Trinajstić information content (AvgIpc) is 3.11. The molecule has 1 aliphatic heterocycles. The van der Waals surface area contributed by atoms with Gasteiger partial charge in [0.2, 0.25) is 5.95 Å². The second-order valence-corrected chi connectivity index (χ2v) is 8.67. The van der Waals surface area contributed by atoms with Crippen molar-refractivity contribution < 1.29 is 12.9 Å². The zero-order valence-corrected chi connectivity index (χ0v) is 16.1. The highest BCUT2D eigenvalue weighted by Gasteiger charge is 2.20. The molecule has 0 bridgehead atoms. The van der Waals surface area contributed by atoms with Gasteiger partial charge in [0, 0.05) is 17.8 Å². The summed E-state index contributed by atoms with van der Waals surface area (Å²) >= 11 is 0. The number of benzene rings is 1. The Bertz CT molecular complexity index is 1180. The Morgan fingerprint density at radius 2 is 2.07 bits per heavy atom. The first-order valence-electron chi connectivity index (χ1n) is 8.60. The molecule has 144 valence electrons. The summed E-state index contributed by atoms with van der Waals surface area (Å²) in [7, 11) is -3.27. The van der Waals surface area contributed by atoms with Gasteiger partial charge in [-0.3, -0.25) is 0 Å². The maximum atomic E-state index is 12.1. The summed E-state index contributed by atoms with van der Waals surface area (Å²) in [5.41, 5.74) is 7.74. The third-order valence-corrected chi connectivity index (χ3v) is 5.89. The van der Waals surface area contributed by atoms with Crippen molar-refractivity contribution in [2.75, 3.05) is 16.8 Å². The number of rotatable bonds is 4. The number of sulfone groups is 1. The molecule has 0 atom stereocenters. The molecule has 0 saturated carbocycles. The molecule has 0 aliphatic carbocycles. The van der Waals surface area contributed by atoms with Crippen LogP contribution in [-0.2, 0) is 9.84 Å². The van der Waals surface area contributed by atoms with E-state index in [1.807, 2.05) is 13.8 Å². The van der Waals surface area contributed by atoms with E-state index in [1.54, 1.807) is 30.4 Å². The van der Waals surface area contributed by atoms with Gasteiger partial charge in [-0.15, -0.1) is 0 Å². The normalized spacial score (nSPS) is 14.8. The number of hydrogen-bond acceptors (Lipinski definition) is 9. The van der Waals surface area contributed by atoms with Gasteiger partial charge in [-0.05, 0) is 23.8 Å². The van der Waals surface area contributed by atoms with E-state index in [2.05, 4.69) is 25.4 Å². The Labute approximate surface area is 161 Å². The Hall–Kier alpha value is -3.27. The summed E-state index contributed by atoms with van der Waals surface area (Å²) in [6, 6.07) is 4.96. The molecular formula is C18H18N6O3S. The van der Waals surface area contributed by atoms with Crippen molar-refractivity contribution in [3.8, 4) is 11.5 Å². The van der Waals surface area contributed by atoms with E-state index in [4.69, 9.17) is 10.3 Å². The fourth-order valence-corrected chi connectivity index (χ4v) is 4.05. The molecule has 4 rings (SSSR count). The van der Waals surface area contributed by atoms with Crippen LogP contribution in [0.1, 0.15) is 31.2 Å². The summed E-state index contributed by atoms with van der Waals surface area (Å²) in [6.07, 6.45) is 4.91. The van der Waals surface area contributed by atoms with E-state index in [0.717, 1.165) is 0 Å². The van der Waals surface area contributed by atoms with Crippen molar-refractivity contribution in [3.05, 3.63) is 41.9 Å². The third-order valence-electron chi connectivity index (χ3n) is 4.22. The Morgan fingerprint density at radius 3 is 2.79 bits per heavy atom. The van der Waals surface area contributed by atoms with E-state index in [-0.39, 0.29) is 29.3 Å². The molecular weight excluding hydrogens is 380 g/mol. The molecule has 3 aromatic rings. The molecule has 0 spiro atoms. The average molecular weight is 398 g/mol. The maximum absolute atomic E-state index is 12.1. The van der Waals surface area contributed by atoms with Gasteiger partial charge >= 0.3 is 0 Å². The third kappa shape index (κ3) is 3.33. The minimum absolute atomic E-state index is 0.0159. The van der Waals surface area contributed by atoms with Crippen LogP contribution < -0.4 is 11.1 Å². The van der Waals surface area contributed by atoms with Gasteiger partial charge in [0.05, 0.1) is 10.6 Å². The van der Waals surface area contributed by atoms with Gasteiger partial charge < -0.3 is 15.6 Å². The van der Waals surface area contributed by atoms with Crippen LogP contribution in [0.4, 0.5) is 17.5 Å². The van der Waals surface area contributed by atoms with Gasteiger partial charge in [0.25, 0.3) is 5.89 Å². The zero-order chi connectivity index (χ0) is 19.9. The molecule has 9 nitrogen and oxygen atoms in total. The Kier molecular flexibility index (Phi) is 4.34. The van der Waals surface area contributed by atoms with Crippen molar-refractivity contribution in [1.29, 1.82) is 0 Å². The second-order valence-electron chi connectivity index (χ2n) is 6.67. The molecule has 2 aromatic heterocycles. The first kappa shape index (κ1) is 18.1. The number of fused-ring (bicyclic) bond motifs is 1. The maximum Gasteiger partial charge on any atom is 0.263 e. The van der Waals surface area contributed by atoms with E-state index < -0.39 is 9.84 Å². The smallest absolute Gasteiger partial charge is 0.263 e. The highest BCUT2D eigenvalue weighted by Crippen LogP contribution is 2.28. The van der Waals surface area contributed by atoms with Crippen LogP contribution >= 0.6 is 0 Å². The first-order valence-corrected chi connectivity index (χ1v) is 10.3. The number of anilines is 3. The molecule has 0 saturated heterocycles. The predicted molar refractivity (Wildman–Crippen MR) is 105 cm³/mol. The highest BCUT2D eigenvalue weighted by atomic mass is 32.2. The number of aromatic nitrogens is 4. The lowest BCUT2D eigenvalue weighted by Crippen LogP contribution is -2.10. The molecule has 3 N–H and O–H groups in total. The predicted octanol–water partition coefficient (Wildman–Crippen LogP) is 2.78. The lowest BCUT2D eigenvalue weighted by molar-refractivity contribution is 0.419. The molecule has 1 aromatic carbocycles. The van der Waals surface area contributed by atoms with Gasteiger partial charge in [-0.2, -0.15) is 9.97 Å². The first-order chi connectivity index (χ1) is 13.3. The van der Waals surface area contributed by atoms with E-state index >= 15 is 0 Å². The van der Waals surface area contributed by atoms with Crippen LogP contribution in [0.2, 0.25) is 0 Å². The Morgan fingerprint density at radius 1 is 1.25 bits per heavy atom. The molecule has 10 heteroatoms. The van der Waals surface area contributed by atoms with E-state index in [9.17, 15) is 8.42 Å². The van der Waals surface area contributed by atoms with Crippen molar-refractivity contribution in [2.45, 2.75) is 24.7 Å². The van der Waals surface area contributed by atoms with Crippen LogP contribution in [0.25, 0.3) is 17.5 Å². The zero-order valence-electron chi connectivity index (χ0n) is 15.2. The Balaban J connectivity index is 1.60. The molecule has 0 unspecified atom stereocenters. The number of hydrogen-bond donors (Lipinski definition) is 2. The number of nitrogens with two attached hydrogens (primary N) is 1. The lowest BCUT2D eigenvalue weighted by Gasteiger charge is -2.13. The molecule has 0 fully saturated rings. The molecule has 28 heavy (non-hydrogen) atoms. The van der Waals surface area contributed by atoms with Crippen LogP contribution in [0.5, 0.6) is 0 Å². The fraction of sp³-hybridized carbons (Fsp3) is 0.222. The number of nitrogen functional groups attached to an aromatic ring is 1. The van der Waals surface area contributed by atoms with Crippen LogP contribution in [0.15, 0.2) is 39.9 Å². The summed E-state index contributed by atoms with van der Waals surface area (Å²) in [4.78, 5) is 13.1. The topological polar surface area (TPSA) is 137 Å². The standard InChI is InChI=1S/C18H18N6O3S/c1-10(2)16-23-17(27-24-16)13-9-20-18(22-15(13)19)21-12-5-6-14-11(8-12)4-3-7-28(14,25)26/h3-6,8-10H,7H2,1-2H3,(H3,19,20,21,22). The fourth-order valence-electron chi connectivity index (χ4n) is 2.76. The minimum atomic E-state index is -3.27. The number of nitrogens with one attached hydrogen (secondary N) is 1. The molecule has 3 heterocycles. The van der Waals surface area contributed by atoms with Gasteiger partial charge in [-0.25, -0.2) is 13.4 Å². The molecule has 0 amide bonds. The summed E-state index contributed by atoms with van der Waals surface area (Å²) in [5.74, 6) is 1.44. The van der Waals surface area contributed by atoms with Gasteiger partial charge in [0.15, 0.2) is 15.7 Å².